The number of halogens is 1. The second-order valence-corrected chi connectivity index (χ2v) is 6.99. The highest BCUT2D eigenvalue weighted by Gasteiger charge is 2.13. The summed E-state index contributed by atoms with van der Waals surface area (Å²) in [5.41, 5.74) is -0.348. The molecule has 18 heavy (non-hydrogen) atoms. The number of rotatable bonds is 4. The lowest BCUT2D eigenvalue weighted by atomic mass is 10.5. The van der Waals surface area contributed by atoms with E-state index in [4.69, 9.17) is 11.6 Å². The molecule has 0 spiro atoms. The van der Waals surface area contributed by atoms with Gasteiger partial charge in [0.15, 0.2) is 0 Å². The molecular weight excluding hydrogens is 296 g/mol. The molecule has 2 heterocycles. The van der Waals surface area contributed by atoms with Gasteiger partial charge in [0.2, 0.25) is 15.6 Å². The van der Waals surface area contributed by atoms with Crippen molar-refractivity contribution in [1.82, 2.24) is 9.71 Å². The normalized spacial score (nSPS) is 11.6. The fourth-order valence-corrected chi connectivity index (χ4v) is 3.35. The Balaban J connectivity index is 2.12. The molecule has 0 fully saturated rings. The maximum atomic E-state index is 11.9. The molecule has 0 bridgehead atoms. The summed E-state index contributed by atoms with van der Waals surface area (Å²) in [7, 11) is -3.62. The highest BCUT2D eigenvalue weighted by Crippen LogP contribution is 2.21. The number of aromatic nitrogens is 1. The first-order valence-electron chi connectivity index (χ1n) is 4.90. The number of nitrogens with one attached hydrogen (secondary N) is 2. The fraction of sp³-hybridized carbons (Fsp3) is 0.100. The van der Waals surface area contributed by atoms with Crippen LogP contribution in [0.15, 0.2) is 40.2 Å². The maximum absolute atomic E-state index is 11.9. The SMILES string of the molecule is O=c1ccc(S(=O)(=O)NCc2ccc(Cl)s2)c[nH]1. The van der Waals surface area contributed by atoms with E-state index in [0.29, 0.717) is 4.34 Å². The van der Waals surface area contributed by atoms with Gasteiger partial charge >= 0.3 is 0 Å². The Morgan fingerprint density at radius 3 is 2.61 bits per heavy atom. The molecule has 2 aromatic heterocycles. The molecule has 0 unspecified atom stereocenters. The van der Waals surface area contributed by atoms with E-state index in [0.717, 1.165) is 17.1 Å². The molecule has 0 saturated heterocycles. The van der Waals surface area contributed by atoms with Crippen molar-refractivity contribution in [2.24, 2.45) is 0 Å². The Morgan fingerprint density at radius 2 is 2.06 bits per heavy atom. The van der Waals surface area contributed by atoms with Crippen molar-refractivity contribution in [2.75, 3.05) is 0 Å². The van der Waals surface area contributed by atoms with E-state index in [1.54, 1.807) is 12.1 Å². The van der Waals surface area contributed by atoms with E-state index >= 15 is 0 Å². The van der Waals surface area contributed by atoms with Gasteiger partial charge in [0.1, 0.15) is 0 Å². The van der Waals surface area contributed by atoms with E-state index in [-0.39, 0.29) is 17.0 Å². The highest BCUT2D eigenvalue weighted by atomic mass is 35.5. The molecule has 2 N–H and O–H groups in total. The summed E-state index contributed by atoms with van der Waals surface area (Å²) in [6, 6.07) is 5.87. The Labute approximate surface area is 112 Å². The first kappa shape index (κ1) is 13.3. The summed E-state index contributed by atoms with van der Waals surface area (Å²) in [5.74, 6) is 0. The first-order chi connectivity index (χ1) is 8.47. The van der Waals surface area contributed by atoms with Crippen LogP contribution in [0.25, 0.3) is 0 Å². The van der Waals surface area contributed by atoms with Crippen molar-refractivity contribution in [3.63, 3.8) is 0 Å². The summed E-state index contributed by atoms with van der Waals surface area (Å²) >= 11 is 7.05. The van der Waals surface area contributed by atoms with Crippen molar-refractivity contribution in [3.8, 4) is 0 Å². The number of sulfonamides is 1. The zero-order valence-electron chi connectivity index (χ0n) is 9.01. The van der Waals surface area contributed by atoms with E-state index in [1.165, 1.54) is 17.4 Å². The van der Waals surface area contributed by atoms with Gasteiger partial charge < -0.3 is 4.98 Å². The number of aromatic amines is 1. The van der Waals surface area contributed by atoms with Crippen molar-refractivity contribution in [3.05, 3.63) is 50.0 Å². The smallest absolute Gasteiger partial charge is 0.247 e. The molecule has 0 aromatic carbocycles. The largest absolute Gasteiger partial charge is 0.328 e. The molecule has 0 aliphatic carbocycles. The van der Waals surface area contributed by atoms with Crippen LogP contribution in [0, 0.1) is 0 Å². The molecule has 0 aliphatic rings. The van der Waals surface area contributed by atoms with Gasteiger partial charge in [-0.25, -0.2) is 13.1 Å². The molecule has 5 nitrogen and oxygen atoms in total. The van der Waals surface area contributed by atoms with E-state index in [2.05, 4.69) is 9.71 Å². The molecule has 96 valence electrons. The quantitative estimate of drug-likeness (QED) is 0.900. The Bertz CT molecular complexity index is 685. The van der Waals surface area contributed by atoms with Gasteiger partial charge in [-0.05, 0) is 18.2 Å². The van der Waals surface area contributed by atoms with Crippen LogP contribution in [-0.2, 0) is 16.6 Å². The molecule has 0 amide bonds. The topological polar surface area (TPSA) is 79.0 Å². The predicted octanol–water partition coefficient (Wildman–Crippen LogP) is 1.57. The molecule has 8 heteroatoms. The molecule has 0 radical (unpaired) electrons. The van der Waals surface area contributed by atoms with Crippen LogP contribution in [0.1, 0.15) is 4.88 Å². The van der Waals surface area contributed by atoms with Crippen LogP contribution in [-0.4, -0.2) is 13.4 Å². The lowest BCUT2D eigenvalue weighted by Crippen LogP contribution is -2.23. The Hall–Kier alpha value is -1.15. The molecule has 2 rings (SSSR count). The van der Waals surface area contributed by atoms with Crippen molar-refractivity contribution in [2.45, 2.75) is 11.4 Å². The van der Waals surface area contributed by atoms with Gasteiger partial charge in [0, 0.05) is 23.7 Å². The van der Waals surface area contributed by atoms with E-state index < -0.39 is 10.0 Å². The lowest BCUT2D eigenvalue weighted by molar-refractivity contribution is 0.581. The zero-order chi connectivity index (χ0) is 13.2. The molecule has 0 atom stereocenters. The second kappa shape index (κ2) is 5.23. The fourth-order valence-electron chi connectivity index (χ4n) is 1.26. The summed E-state index contributed by atoms with van der Waals surface area (Å²) in [5, 5.41) is 0. The van der Waals surface area contributed by atoms with Crippen molar-refractivity contribution in [1.29, 1.82) is 0 Å². The number of H-pyrrole nitrogens is 1. The third-order valence-electron chi connectivity index (χ3n) is 2.13. The number of pyridine rings is 1. The molecular formula is C10H9ClN2O3S2. The third-order valence-corrected chi connectivity index (χ3v) is 4.76. The number of hydrogen-bond acceptors (Lipinski definition) is 4. The third kappa shape index (κ3) is 3.20. The van der Waals surface area contributed by atoms with Crippen LogP contribution in [0.4, 0.5) is 0 Å². The summed E-state index contributed by atoms with van der Waals surface area (Å²) in [4.78, 5) is 14.0. The minimum absolute atomic E-state index is 0.0183. The monoisotopic (exact) mass is 304 g/mol. The second-order valence-electron chi connectivity index (χ2n) is 3.42. The van der Waals surface area contributed by atoms with Gasteiger partial charge in [0.05, 0.1) is 9.23 Å². The zero-order valence-corrected chi connectivity index (χ0v) is 11.4. The minimum Gasteiger partial charge on any atom is -0.328 e. The average molecular weight is 305 g/mol. The summed E-state index contributed by atoms with van der Waals surface area (Å²) in [6.45, 7) is 0.166. The summed E-state index contributed by atoms with van der Waals surface area (Å²) < 4.78 is 26.8. The lowest BCUT2D eigenvalue weighted by Gasteiger charge is -2.04. The number of thiophene rings is 1. The van der Waals surface area contributed by atoms with Gasteiger partial charge in [-0.2, -0.15) is 0 Å². The summed E-state index contributed by atoms with van der Waals surface area (Å²) in [6.07, 6.45) is 1.16. The van der Waals surface area contributed by atoms with E-state index in [9.17, 15) is 13.2 Å². The predicted molar refractivity (Wildman–Crippen MR) is 70.4 cm³/mol. The molecule has 0 aliphatic heterocycles. The average Bonchev–Trinajstić information content (AvgIpc) is 2.73. The standard InChI is InChI=1S/C10H9ClN2O3S2/c11-9-3-1-7(17-9)5-13-18(15,16)8-2-4-10(14)12-6-8/h1-4,6,13H,5H2,(H,12,14). The number of hydrogen-bond donors (Lipinski definition) is 2. The van der Waals surface area contributed by atoms with Crippen molar-refractivity contribution >= 4 is 33.0 Å². The van der Waals surface area contributed by atoms with Gasteiger partial charge in [-0.1, -0.05) is 11.6 Å². The maximum Gasteiger partial charge on any atom is 0.247 e. The van der Waals surface area contributed by atoms with Crippen molar-refractivity contribution < 1.29 is 8.42 Å². The molecule has 0 saturated carbocycles. The Morgan fingerprint density at radius 1 is 1.28 bits per heavy atom. The van der Waals surface area contributed by atoms with Crippen LogP contribution in [0.2, 0.25) is 4.34 Å². The molecule has 2 aromatic rings. The highest BCUT2D eigenvalue weighted by molar-refractivity contribution is 7.89. The van der Waals surface area contributed by atoms with Gasteiger partial charge in [-0.15, -0.1) is 11.3 Å². The first-order valence-corrected chi connectivity index (χ1v) is 7.58. The van der Waals surface area contributed by atoms with Gasteiger partial charge in [0.25, 0.3) is 0 Å². The van der Waals surface area contributed by atoms with Gasteiger partial charge in [-0.3, -0.25) is 4.79 Å². The van der Waals surface area contributed by atoms with Crippen LogP contribution in [0.3, 0.4) is 0 Å². The van der Waals surface area contributed by atoms with Crippen LogP contribution in [0.5, 0.6) is 0 Å². The Kier molecular flexibility index (Phi) is 3.86. The van der Waals surface area contributed by atoms with Crippen LogP contribution < -0.4 is 10.3 Å². The van der Waals surface area contributed by atoms with Crippen LogP contribution >= 0.6 is 22.9 Å². The van der Waals surface area contributed by atoms with E-state index in [1.807, 2.05) is 0 Å². The minimum atomic E-state index is -3.62.